The lowest BCUT2D eigenvalue weighted by molar-refractivity contribution is -0.155. The van der Waals surface area contributed by atoms with E-state index in [4.69, 9.17) is 9.47 Å². The predicted octanol–water partition coefficient (Wildman–Crippen LogP) is 7.51. The first-order valence-electron chi connectivity index (χ1n) is 13.2. The van der Waals surface area contributed by atoms with Gasteiger partial charge in [0.05, 0.1) is 0 Å². The molecular weight excluding hydrogens is 504 g/mol. The minimum absolute atomic E-state index is 0.0685. The van der Waals surface area contributed by atoms with Gasteiger partial charge in [-0.2, -0.15) is 0 Å². The Morgan fingerprint density at radius 1 is 0.703 bits per heavy atom. The van der Waals surface area contributed by atoms with Crippen LogP contribution < -0.4 is 0 Å². The van der Waals surface area contributed by atoms with Crippen molar-refractivity contribution in [2.24, 2.45) is 5.41 Å². The first-order valence-corrected chi connectivity index (χ1v) is 15.3. The molecule has 0 aromatic carbocycles. The lowest BCUT2D eigenvalue weighted by Crippen LogP contribution is -2.65. The van der Waals surface area contributed by atoms with Crippen LogP contribution in [-0.4, -0.2) is 54.9 Å². The van der Waals surface area contributed by atoms with Crippen molar-refractivity contribution in [3.8, 4) is 0 Å². The Bertz CT molecular complexity index is 903. The molecule has 2 aliphatic heterocycles. The van der Waals surface area contributed by atoms with Crippen LogP contribution in [0, 0.1) is 5.41 Å². The molecule has 2 aliphatic rings. The van der Waals surface area contributed by atoms with Crippen LogP contribution in [0.2, 0.25) is 0 Å². The molecule has 0 radical (unpaired) electrons. The summed E-state index contributed by atoms with van der Waals surface area (Å²) in [5, 5.41) is 0. The molecule has 6 nitrogen and oxygen atoms in total. The van der Waals surface area contributed by atoms with E-state index in [9.17, 15) is 9.59 Å². The third-order valence-corrected chi connectivity index (χ3v) is 11.3. The largest absolute Gasteiger partial charge is 0.459 e. The van der Waals surface area contributed by atoms with Crippen molar-refractivity contribution < 1.29 is 19.1 Å². The van der Waals surface area contributed by atoms with Gasteiger partial charge in [0.25, 0.3) is 0 Å². The van der Waals surface area contributed by atoms with Gasteiger partial charge in [-0.25, -0.2) is 18.2 Å². The third kappa shape index (κ3) is 7.17. The molecule has 0 saturated carbocycles. The summed E-state index contributed by atoms with van der Waals surface area (Å²) in [7, 11) is 3.57. The average molecular weight is 555 g/mol. The van der Waals surface area contributed by atoms with E-state index in [1.165, 1.54) is 0 Å². The van der Waals surface area contributed by atoms with E-state index in [1.807, 2.05) is 0 Å². The van der Waals surface area contributed by atoms with E-state index in [0.717, 1.165) is 25.7 Å². The Morgan fingerprint density at radius 2 is 1.03 bits per heavy atom. The minimum Gasteiger partial charge on any atom is -0.459 e. The molecule has 8 heteroatoms. The molecule has 2 unspecified atom stereocenters. The Hall–Kier alpha value is -0.960. The Balaban J connectivity index is 2.29. The topological polar surface area (TPSA) is 59.1 Å². The maximum Gasteiger partial charge on any atom is 0.333 e. The van der Waals surface area contributed by atoms with E-state index in [2.05, 4.69) is 91.0 Å². The second-order valence-electron chi connectivity index (χ2n) is 14.1. The molecule has 2 atom stereocenters. The van der Waals surface area contributed by atoms with Crippen LogP contribution in [0.3, 0.4) is 0 Å². The molecule has 0 bridgehead atoms. The fraction of sp³-hybridized carbons (Fsp3) is 0.793. The fourth-order valence-electron chi connectivity index (χ4n) is 5.81. The van der Waals surface area contributed by atoms with E-state index in [0.29, 0.717) is 11.1 Å². The summed E-state index contributed by atoms with van der Waals surface area (Å²) in [6.07, 6.45) is 2.68. The molecule has 0 spiro atoms. The quantitative estimate of drug-likeness (QED) is 0.139. The molecule has 212 valence electrons. The number of nitrogens with zero attached hydrogens (tertiary/aromatic N) is 2. The van der Waals surface area contributed by atoms with Gasteiger partial charge in [-0.15, -0.1) is 0 Å². The normalized spacial score (nSPS) is 28.4. The predicted molar refractivity (Wildman–Crippen MR) is 157 cm³/mol. The molecule has 2 saturated heterocycles. The highest BCUT2D eigenvalue weighted by molar-refractivity contribution is 8.74. The van der Waals surface area contributed by atoms with E-state index in [1.54, 1.807) is 35.8 Å². The standard InChI is InChI=1S/C29H50N2O4S2/c1-19(2)23(32)34-21-15-26(8,9)30(27(10,11)16-21)36-37-31-28(12,13)17-22(35-24(33)20(3)4)18-29(31,14)25(5,6)7/h21-22H,1,3,15-18H2,2,4-14H3. The van der Waals surface area contributed by atoms with Gasteiger partial charge in [0.1, 0.15) is 12.2 Å². The minimum atomic E-state index is -0.315. The van der Waals surface area contributed by atoms with Crippen LogP contribution in [0.15, 0.2) is 24.3 Å². The lowest BCUT2D eigenvalue weighted by atomic mass is 9.66. The molecule has 2 fully saturated rings. The second-order valence-corrected chi connectivity index (χ2v) is 16.1. The van der Waals surface area contributed by atoms with E-state index >= 15 is 0 Å². The van der Waals surface area contributed by atoms with Crippen LogP contribution in [0.25, 0.3) is 0 Å². The number of carbonyl (C=O) groups excluding carboxylic acids is 2. The van der Waals surface area contributed by atoms with Crippen LogP contribution in [0.5, 0.6) is 0 Å². The number of hydrogen-bond donors (Lipinski definition) is 0. The van der Waals surface area contributed by atoms with Gasteiger partial charge >= 0.3 is 11.9 Å². The Kier molecular flexibility index (Phi) is 9.50. The van der Waals surface area contributed by atoms with Crippen LogP contribution in [0.4, 0.5) is 0 Å². The number of carbonyl (C=O) groups is 2. The lowest BCUT2D eigenvalue weighted by Gasteiger charge is -2.61. The number of rotatable bonds is 7. The number of hydrogen-bond acceptors (Lipinski definition) is 8. The maximum absolute atomic E-state index is 12.4. The van der Waals surface area contributed by atoms with Gasteiger partial charge < -0.3 is 9.47 Å². The van der Waals surface area contributed by atoms with Crippen molar-refractivity contribution in [1.29, 1.82) is 0 Å². The first-order chi connectivity index (χ1) is 16.5. The summed E-state index contributed by atoms with van der Waals surface area (Å²) in [5.41, 5.74) is -0.0550. The smallest absolute Gasteiger partial charge is 0.333 e. The van der Waals surface area contributed by atoms with Crippen molar-refractivity contribution >= 4 is 33.9 Å². The molecule has 0 amide bonds. The summed E-state index contributed by atoms with van der Waals surface area (Å²) in [4.78, 5) is 24.6. The molecule has 0 aromatic heterocycles. The van der Waals surface area contributed by atoms with Crippen LogP contribution in [0.1, 0.15) is 109 Å². The highest BCUT2D eigenvalue weighted by Crippen LogP contribution is 2.57. The number of ether oxygens (including phenoxy) is 2. The number of piperidine rings is 2. The van der Waals surface area contributed by atoms with Gasteiger partial charge in [0.2, 0.25) is 0 Å². The molecule has 0 N–H and O–H groups in total. The zero-order valence-corrected chi connectivity index (χ0v) is 26.9. The molecule has 2 rings (SSSR count). The zero-order chi connectivity index (χ0) is 28.8. The molecule has 2 heterocycles. The Morgan fingerprint density at radius 3 is 1.38 bits per heavy atom. The molecule has 0 aromatic rings. The maximum atomic E-state index is 12.4. The summed E-state index contributed by atoms with van der Waals surface area (Å²) >= 11 is 0. The van der Waals surface area contributed by atoms with Gasteiger partial charge in [-0.1, -0.05) is 33.9 Å². The molecule has 37 heavy (non-hydrogen) atoms. The van der Waals surface area contributed by atoms with Crippen LogP contribution >= 0.6 is 22.0 Å². The van der Waals surface area contributed by atoms with Crippen LogP contribution in [-0.2, 0) is 19.1 Å². The van der Waals surface area contributed by atoms with Gasteiger partial charge in [0, 0.05) is 80.9 Å². The number of esters is 2. The monoisotopic (exact) mass is 554 g/mol. The second kappa shape index (κ2) is 10.9. The van der Waals surface area contributed by atoms with E-state index in [-0.39, 0.29) is 51.7 Å². The van der Waals surface area contributed by atoms with Gasteiger partial charge in [-0.05, 0) is 67.7 Å². The Labute approximate surface area is 234 Å². The van der Waals surface area contributed by atoms with Crippen molar-refractivity contribution in [2.45, 2.75) is 143 Å². The molecule has 0 aliphatic carbocycles. The highest BCUT2D eigenvalue weighted by Gasteiger charge is 2.56. The highest BCUT2D eigenvalue weighted by atomic mass is 33.1. The first kappa shape index (κ1) is 32.3. The fourth-order valence-corrected chi connectivity index (χ4v) is 10.00. The van der Waals surface area contributed by atoms with Crippen molar-refractivity contribution in [3.63, 3.8) is 0 Å². The van der Waals surface area contributed by atoms with Crippen molar-refractivity contribution in [2.75, 3.05) is 0 Å². The van der Waals surface area contributed by atoms with Gasteiger partial charge in [0.15, 0.2) is 0 Å². The summed E-state index contributed by atoms with van der Waals surface area (Å²) in [5.74, 6) is -0.628. The zero-order valence-electron chi connectivity index (χ0n) is 25.2. The SMILES string of the molecule is C=C(C)C(=O)OC1CC(C)(C)N(SSN2C(C)(C)CC(OC(=O)C(=C)C)CC2(C)C(C)(C)C)C(C)(C)C1. The summed E-state index contributed by atoms with van der Waals surface area (Å²) in [6, 6.07) is 0. The molecular formula is C29H50N2O4S2. The van der Waals surface area contributed by atoms with Crippen molar-refractivity contribution in [1.82, 2.24) is 8.61 Å². The van der Waals surface area contributed by atoms with Gasteiger partial charge in [-0.3, -0.25) is 0 Å². The third-order valence-electron chi connectivity index (χ3n) is 7.95. The average Bonchev–Trinajstić information content (AvgIpc) is 2.66. The summed E-state index contributed by atoms with van der Waals surface area (Å²) < 4.78 is 16.7. The van der Waals surface area contributed by atoms with Crippen molar-refractivity contribution in [3.05, 3.63) is 24.3 Å². The summed E-state index contributed by atoms with van der Waals surface area (Å²) in [6.45, 7) is 33.3. The van der Waals surface area contributed by atoms with E-state index < -0.39 is 0 Å².